The summed E-state index contributed by atoms with van der Waals surface area (Å²) in [5.41, 5.74) is 2.19. The second kappa shape index (κ2) is 16.4. The van der Waals surface area contributed by atoms with E-state index in [2.05, 4.69) is 5.32 Å². The van der Waals surface area contributed by atoms with Gasteiger partial charge in [0.2, 0.25) is 11.8 Å². The van der Waals surface area contributed by atoms with Crippen molar-refractivity contribution in [3.63, 3.8) is 0 Å². The van der Waals surface area contributed by atoms with Crippen LogP contribution in [-0.2, 0) is 26.2 Å². The van der Waals surface area contributed by atoms with Gasteiger partial charge < -0.3 is 15.0 Å². The van der Waals surface area contributed by atoms with Crippen LogP contribution in [0.3, 0.4) is 0 Å². The highest BCUT2D eigenvalue weighted by molar-refractivity contribution is 7.98. The number of amides is 2. The molecule has 2 amide bonds. The molecule has 3 rings (SSSR count). The Balaban J connectivity index is 2.05. The van der Waals surface area contributed by atoms with Gasteiger partial charge in [0.1, 0.15) is 18.3 Å². The number of anilines is 1. The van der Waals surface area contributed by atoms with Crippen molar-refractivity contribution in [1.82, 2.24) is 10.2 Å². The van der Waals surface area contributed by atoms with Crippen LogP contribution in [0, 0.1) is 6.92 Å². The van der Waals surface area contributed by atoms with Crippen molar-refractivity contribution >= 4 is 39.3 Å². The Labute approximate surface area is 260 Å². The molecule has 1 N–H and O–H groups in total. The SMILES string of the molecule is CCCCNC(=O)C(CC)N(Cc1ccccc1C)C(=O)CN(c1ccc(OCC)cc1)S(=O)(=O)c1ccc(SC)cc1. The third-order valence-electron chi connectivity index (χ3n) is 7.18. The van der Waals surface area contributed by atoms with Crippen molar-refractivity contribution in [3.05, 3.63) is 83.9 Å². The number of nitrogens with zero attached hydrogens (tertiary/aromatic N) is 2. The number of carbonyl (C=O) groups excluding carboxylic acids is 2. The molecule has 0 radical (unpaired) electrons. The van der Waals surface area contributed by atoms with Crippen molar-refractivity contribution in [2.75, 3.05) is 30.3 Å². The zero-order valence-electron chi connectivity index (χ0n) is 25.7. The molecule has 43 heavy (non-hydrogen) atoms. The number of thioether (sulfide) groups is 1. The average molecular weight is 626 g/mol. The molecular formula is C33H43N3O5S2. The minimum Gasteiger partial charge on any atom is -0.494 e. The fraction of sp³-hybridized carbons (Fsp3) is 0.394. The van der Waals surface area contributed by atoms with Gasteiger partial charge in [0.15, 0.2) is 0 Å². The van der Waals surface area contributed by atoms with Crippen molar-refractivity contribution in [2.24, 2.45) is 0 Å². The van der Waals surface area contributed by atoms with Gasteiger partial charge in [-0.25, -0.2) is 8.42 Å². The summed E-state index contributed by atoms with van der Waals surface area (Å²) in [6.45, 7) is 8.39. The number of ether oxygens (including phenoxy) is 1. The Morgan fingerprint density at radius 2 is 1.63 bits per heavy atom. The highest BCUT2D eigenvalue weighted by Crippen LogP contribution is 2.28. The normalized spacial score (nSPS) is 11.9. The number of nitrogens with one attached hydrogen (secondary N) is 1. The van der Waals surface area contributed by atoms with Gasteiger partial charge in [-0.1, -0.05) is 44.5 Å². The summed E-state index contributed by atoms with van der Waals surface area (Å²) in [6, 6.07) is 20.1. The second-order valence-electron chi connectivity index (χ2n) is 10.1. The van der Waals surface area contributed by atoms with Crippen LogP contribution < -0.4 is 14.4 Å². The lowest BCUT2D eigenvalue weighted by atomic mass is 10.1. The van der Waals surface area contributed by atoms with E-state index >= 15 is 0 Å². The van der Waals surface area contributed by atoms with Crippen LogP contribution in [0.1, 0.15) is 51.2 Å². The number of rotatable bonds is 16. The van der Waals surface area contributed by atoms with E-state index in [1.165, 1.54) is 16.7 Å². The number of sulfonamides is 1. The molecule has 10 heteroatoms. The lowest BCUT2D eigenvalue weighted by molar-refractivity contribution is -0.140. The van der Waals surface area contributed by atoms with Crippen LogP contribution in [0.25, 0.3) is 0 Å². The quantitative estimate of drug-likeness (QED) is 0.154. The van der Waals surface area contributed by atoms with Crippen LogP contribution in [0.5, 0.6) is 5.75 Å². The van der Waals surface area contributed by atoms with E-state index in [0.29, 0.717) is 31.0 Å². The van der Waals surface area contributed by atoms with Crippen molar-refractivity contribution in [1.29, 1.82) is 0 Å². The summed E-state index contributed by atoms with van der Waals surface area (Å²) in [5.74, 6) is -0.129. The first-order valence-electron chi connectivity index (χ1n) is 14.7. The standard InChI is InChI=1S/C33H43N3O5S2/c1-6-9-22-34-33(38)31(7-2)35(23-26-13-11-10-12-25(26)4)32(37)24-36(27-14-16-28(17-15-27)41-8-3)43(39,40)30-20-18-29(42-5)19-21-30/h10-21,31H,6-9,22-24H2,1-5H3,(H,34,38). The monoisotopic (exact) mass is 625 g/mol. The molecule has 0 aliphatic rings. The first-order valence-corrected chi connectivity index (χ1v) is 17.3. The summed E-state index contributed by atoms with van der Waals surface area (Å²) in [4.78, 5) is 30.1. The lowest BCUT2D eigenvalue weighted by Crippen LogP contribution is -2.52. The van der Waals surface area contributed by atoms with Crippen LogP contribution in [-0.4, -0.2) is 57.1 Å². The van der Waals surface area contributed by atoms with Gasteiger partial charge in [-0.15, -0.1) is 11.8 Å². The fourth-order valence-corrected chi connectivity index (χ4v) is 6.50. The summed E-state index contributed by atoms with van der Waals surface area (Å²) < 4.78 is 34.9. The third kappa shape index (κ3) is 9.00. The number of hydrogen-bond acceptors (Lipinski definition) is 6. The van der Waals surface area contributed by atoms with Gasteiger partial charge in [-0.05, 0) is 92.6 Å². The van der Waals surface area contributed by atoms with Gasteiger partial charge in [-0.3, -0.25) is 13.9 Å². The Kier molecular flexibility index (Phi) is 12.9. The first-order chi connectivity index (χ1) is 20.7. The zero-order chi connectivity index (χ0) is 31.4. The molecule has 0 spiro atoms. The van der Waals surface area contributed by atoms with E-state index in [0.717, 1.165) is 33.2 Å². The summed E-state index contributed by atoms with van der Waals surface area (Å²) in [7, 11) is -4.15. The molecule has 3 aromatic rings. The van der Waals surface area contributed by atoms with Crippen LogP contribution >= 0.6 is 11.8 Å². The zero-order valence-corrected chi connectivity index (χ0v) is 27.3. The van der Waals surface area contributed by atoms with E-state index in [1.54, 1.807) is 48.5 Å². The van der Waals surface area contributed by atoms with E-state index in [1.807, 2.05) is 58.2 Å². The molecule has 0 aromatic heterocycles. The van der Waals surface area contributed by atoms with Gasteiger partial charge in [0.05, 0.1) is 17.2 Å². The van der Waals surface area contributed by atoms with Crippen molar-refractivity contribution < 1.29 is 22.7 Å². The Bertz CT molecular complexity index is 1440. The molecular weight excluding hydrogens is 583 g/mol. The van der Waals surface area contributed by atoms with Gasteiger partial charge in [0.25, 0.3) is 10.0 Å². The van der Waals surface area contributed by atoms with E-state index in [9.17, 15) is 18.0 Å². The van der Waals surface area contributed by atoms with Crippen LogP contribution in [0.4, 0.5) is 5.69 Å². The molecule has 0 saturated carbocycles. The maximum absolute atomic E-state index is 14.2. The second-order valence-corrected chi connectivity index (χ2v) is 12.9. The van der Waals surface area contributed by atoms with Gasteiger partial charge >= 0.3 is 0 Å². The molecule has 0 aliphatic carbocycles. The molecule has 1 unspecified atom stereocenters. The number of carbonyl (C=O) groups is 2. The smallest absolute Gasteiger partial charge is 0.264 e. The summed E-state index contributed by atoms with van der Waals surface area (Å²) >= 11 is 1.51. The van der Waals surface area contributed by atoms with Gasteiger partial charge in [0, 0.05) is 18.0 Å². The van der Waals surface area contributed by atoms with Crippen molar-refractivity contribution in [3.8, 4) is 5.75 Å². The Hall–Kier alpha value is -3.50. The molecule has 1 atom stereocenters. The Morgan fingerprint density at radius 1 is 0.953 bits per heavy atom. The molecule has 232 valence electrons. The fourth-order valence-electron chi connectivity index (χ4n) is 4.68. The molecule has 0 heterocycles. The largest absolute Gasteiger partial charge is 0.494 e. The Morgan fingerprint density at radius 3 is 2.21 bits per heavy atom. The molecule has 0 aliphatic heterocycles. The van der Waals surface area contributed by atoms with Crippen molar-refractivity contribution in [2.45, 2.75) is 69.3 Å². The predicted octanol–water partition coefficient (Wildman–Crippen LogP) is 6.03. The predicted molar refractivity (Wildman–Crippen MR) is 174 cm³/mol. The number of unbranched alkanes of at least 4 members (excludes halogenated alkanes) is 1. The molecule has 3 aromatic carbocycles. The van der Waals surface area contributed by atoms with Crippen LogP contribution in [0.2, 0.25) is 0 Å². The minimum absolute atomic E-state index is 0.0711. The summed E-state index contributed by atoms with van der Waals surface area (Å²) in [5, 5.41) is 2.96. The van der Waals surface area contributed by atoms with Gasteiger partial charge in [-0.2, -0.15) is 0 Å². The number of aryl methyl sites for hydroxylation is 1. The highest BCUT2D eigenvalue weighted by atomic mass is 32.2. The number of benzene rings is 3. The third-order valence-corrected chi connectivity index (χ3v) is 9.71. The number of hydrogen-bond donors (Lipinski definition) is 1. The van der Waals surface area contributed by atoms with E-state index in [-0.39, 0.29) is 17.3 Å². The first kappa shape index (κ1) is 34.0. The molecule has 0 saturated heterocycles. The molecule has 0 fully saturated rings. The molecule has 0 bridgehead atoms. The maximum atomic E-state index is 14.2. The topological polar surface area (TPSA) is 96.0 Å². The minimum atomic E-state index is -4.15. The van der Waals surface area contributed by atoms with Crippen LogP contribution in [0.15, 0.2) is 82.6 Å². The average Bonchev–Trinajstić information content (AvgIpc) is 3.01. The van der Waals surface area contributed by atoms with E-state index < -0.39 is 28.5 Å². The van der Waals surface area contributed by atoms with E-state index in [4.69, 9.17) is 4.74 Å². The highest BCUT2D eigenvalue weighted by Gasteiger charge is 2.33. The maximum Gasteiger partial charge on any atom is 0.264 e. The summed E-state index contributed by atoms with van der Waals surface area (Å²) in [6.07, 6.45) is 4.05. The molecule has 8 nitrogen and oxygen atoms in total. The lowest BCUT2D eigenvalue weighted by Gasteiger charge is -2.33.